The van der Waals surface area contributed by atoms with Crippen molar-refractivity contribution in [2.75, 3.05) is 32.3 Å². The monoisotopic (exact) mass is 445 g/mol. The van der Waals surface area contributed by atoms with Crippen LogP contribution in [0.3, 0.4) is 0 Å². The van der Waals surface area contributed by atoms with Gasteiger partial charge in [-0.15, -0.1) is 0 Å². The molecule has 1 aliphatic rings. The molecule has 2 heterocycles. The summed E-state index contributed by atoms with van der Waals surface area (Å²) < 4.78 is 29.7. The van der Waals surface area contributed by atoms with Crippen LogP contribution in [0, 0.1) is 5.82 Å². The van der Waals surface area contributed by atoms with Crippen LogP contribution in [0.4, 0.5) is 10.1 Å². The molecule has 0 radical (unpaired) electrons. The number of pyridine rings is 1. The highest BCUT2D eigenvalue weighted by Gasteiger charge is 2.14. The normalized spacial score (nSPS) is 12.2. The number of hydrogen-bond acceptors (Lipinski definition) is 6. The third kappa shape index (κ3) is 4.54. The lowest BCUT2D eigenvalue weighted by molar-refractivity contribution is 0.174. The standard InChI is InChI=1S/C26H24FN3O3/c1-31-24-7-4-20(27)12-19(24)15-28-10-11-30-22-8-9-29-23-13-17(2-5-21(22)23)18-3-6-25-26(14-18)33-16-32-25/h2-9,12-14,28H,10-11,15-16H2,1H3,(H,29,30). The highest BCUT2D eigenvalue weighted by molar-refractivity contribution is 5.93. The van der Waals surface area contributed by atoms with Crippen LogP contribution in [-0.4, -0.2) is 32.0 Å². The Morgan fingerprint density at radius 2 is 1.79 bits per heavy atom. The summed E-state index contributed by atoms with van der Waals surface area (Å²) in [6.07, 6.45) is 1.80. The van der Waals surface area contributed by atoms with E-state index in [1.165, 1.54) is 12.1 Å². The van der Waals surface area contributed by atoms with E-state index in [2.05, 4.69) is 33.8 Å². The molecule has 0 saturated heterocycles. The number of nitrogens with zero attached hydrogens (tertiary/aromatic N) is 1. The average Bonchev–Trinajstić information content (AvgIpc) is 3.32. The van der Waals surface area contributed by atoms with Crippen LogP contribution in [0.1, 0.15) is 5.56 Å². The van der Waals surface area contributed by atoms with Gasteiger partial charge in [-0.1, -0.05) is 18.2 Å². The summed E-state index contributed by atoms with van der Waals surface area (Å²) in [4.78, 5) is 4.55. The molecule has 7 heteroatoms. The number of rotatable bonds is 8. The van der Waals surface area contributed by atoms with E-state index in [1.807, 2.05) is 24.3 Å². The van der Waals surface area contributed by atoms with Crippen molar-refractivity contribution in [2.45, 2.75) is 6.54 Å². The zero-order valence-electron chi connectivity index (χ0n) is 18.2. The maximum absolute atomic E-state index is 13.5. The Kier molecular flexibility index (Phi) is 5.95. The van der Waals surface area contributed by atoms with Crippen molar-refractivity contribution in [1.82, 2.24) is 10.3 Å². The Morgan fingerprint density at radius 1 is 0.939 bits per heavy atom. The Labute approximate surface area is 191 Å². The smallest absolute Gasteiger partial charge is 0.231 e. The third-order valence-corrected chi connectivity index (χ3v) is 5.62. The average molecular weight is 445 g/mol. The van der Waals surface area contributed by atoms with Crippen LogP contribution in [-0.2, 0) is 6.54 Å². The van der Waals surface area contributed by atoms with Gasteiger partial charge in [-0.05, 0) is 53.6 Å². The minimum Gasteiger partial charge on any atom is -0.496 e. The predicted octanol–water partition coefficient (Wildman–Crippen LogP) is 4.98. The maximum Gasteiger partial charge on any atom is 0.231 e. The van der Waals surface area contributed by atoms with Crippen LogP contribution >= 0.6 is 0 Å². The van der Waals surface area contributed by atoms with E-state index >= 15 is 0 Å². The zero-order valence-corrected chi connectivity index (χ0v) is 18.2. The largest absolute Gasteiger partial charge is 0.496 e. The molecule has 1 aliphatic heterocycles. The van der Waals surface area contributed by atoms with Gasteiger partial charge in [-0.25, -0.2) is 4.39 Å². The number of ether oxygens (including phenoxy) is 3. The first-order chi connectivity index (χ1) is 16.2. The van der Waals surface area contributed by atoms with Crippen molar-refractivity contribution in [2.24, 2.45) is 0 Å². The Morgan fingerprint density at radius 3 is 2.70 bits per heavy atom. The maximum atomic E-state index is 13.5. The summed E-state index contributed by atoms with van der Waals surface area (Å²) in [6, 6.07) is 18.7. The Bertz CT molecular complexity index is 1300. The number of aromatic nitrogens is 1. The highest BCUT2D eigenvalue weighted by atomic mass is 19.1. The molecule has 0 spiro atoms. The highest BCUT2D eigenvalue weighted by Crippen LogP contribution is 2.36. The molecule has 33 heavy (non-hydrogen) atoms. The van der Waals surface area contributed by atoms with Gasteiger partial charge in [0.25, 0.3) is 0 Å². The number of methoxy groups -OCH3 is 1. The second-order valence-corrected chi connectivity index (χ2v) is 7.72. The van der Waals surface area contributed by atoms with Crippen molar-refractivity contribution < 1.29 is 18.6 Å². The van der Waals surface area contributed by atoms with Gasteiger partial charge in [0, 0.05) is 42.5 Å². The molecule has 2 N–H and O–H groups in total. The number of halogens is 1. The quantitative estimate of drug-likeness (QED) is 0.373. The van der Waals surface area contributed by atoms with Crippen molar-refractivity contribution in [3.63, 3.8) is 0 Å². The second kappa shape index (κ2) is 9.34. The molecule has 0 bridgehead atoms. The Hall–Kier alpha value is -3.84. The van der Waals surface area contributed by atoms with Gasteiger partial charge in [0.2, 0.25) is 6.79 Å². The predicted molar refractivity (Wildman–Crippen MR) is 126 cm³/mol. The lowest BCUT2D eigenvalue weighted by Crippen LogP contribution is -2.22. The third-order valence-electron chi connectivity index (χ3n) is 5.62. The van der Waals surface area contributed by atoms with Gasteiger partial charge in [-0.3, -0.25) is 4.98 Å². The first kappa shape index (κ1) is 21.0. The number of fused-ring (bicyclic) bond motifs is 2. The summed E-state index contributed by atoms with van der Waals surface area (Å²) in [6.45, 7) is 2.20. The van der Waals surface area contributed by atoms with Crippen LogP contribution in [0.15, 0.2) is 66.9 Å². The summed E-state index contributed by atoms with van der Waals surface area (Å²) in [7, 11) is 1.59. The molecule has 0 amide bonds. The van der Waals surface area contributed by atoms with Crippen LogP contribution in [0.25, 0.3) is 22.0 Å². The molecule has 6 nitrogen and oxygen atoms in total. The number of nitrogens with one attached hydrogen (secondary N) is 2. The van der Waals surface area contributed by atoms with E-state index in [1.54, 1.807) is 19.4 Å². The fourth-order valence-corrected chi connectivity index (χ4v) is 3.95. The van der Waals surface area contributed by atoms with Crippen LogP contribution in [0.5, 0.6) is 17.2 Å². The molecule has 0 atom stereocenters. The summed E-state index contributed by atoms with van der Waals surface area (Å²) in [5, 5.41) is 7.84. The number of benzene rings is 3. The van der Waals surface area contributed by atoms with Gasteiger partial charge in [0.05, 0.1) is 12.6 Å². The molecule has 168 valence electrons. The topological polar surface area (TPSA) is 64.6 Å². The van der Waals surface area contributed by atoms with E-state index in [4.69, 9.17) is 14.2 Å². The lowest BCUT2D eigenvalue weighted by Gasteiger charge is -2.12. The molecule has 1 aromatic heterocycles. The summed E-state index contributed by atoms with van der Waals surface area (Å²) in [5.74, 6) is 1.94. The lowest BCUT2D eigenvalue weighted by atomic mass is 10.0. The number of anilines is 1. The fraction of sp³-hybridized carbons (Fsp3) is 0.192. The minimum atomic E-state index is -0.269. The first-order valence-electron chi connectivity index (χ1n) is 10.8. The van der Waals surface area contributed by atoms with Crippen LogP contribution in [0.2, 0.25) is 0 Å². The summed E-state index contributed by atoms with van der Waals surface area (Å²) in [5.41, 5.74) is 4.84. The number of hydrogen-bond donors (Lipinski definition) is 2. The van der Waals surface area contributed by atoms with Gasteiger partial charge in [0.1, 0.15) is 11.6 Å². The van der Waals surface area contributed by atoms with Gasteiger partial charge in [-0.2, -0.15) is 0 Å². The van der Waals surface area contributed by atoms with Crippen molar-refractivity contribution >= 4 is 16.6 Å². The van der Waals surface area contributed by atoms with Gasteiger partial charge >= 0.3 is 0 Å². The minimum absolute atomic E-state index is 0.262. The molecular formula is C26H24FN3O3. The van der Waals surface area contributed by atoms with E-state index in [0.29, 0.717) is 25.4 Å². The fourth-order valence-electron chi connectivity index (χ4n) is 3.95. The second-order valence-electron chi connectivity index (χ2n) is 7.72. The molecule has 0 aliphatic carbocycles. The molecule has 3 aromatic carbocycles. The summed E-state index contributed by atoms with van der Waals surface area (Å²) >= 11 is 0. The first-order valence-corrected chi connectivity index (χ1v) is 10.8. The van der Waals surface area contributed by atoms with Crippen molar-refractivity contribution in [1.29, 1.82) is 0 Å². The molecule has 0 saturated carbocycles. The van der Waals surface area contributed by atoms with Gasteiger partial charge in [0.15, 0.2) is 11.5 Å². The van der Waals surface area contributed by atoms with E-state index in [0.717, 1.165) is 44.8 Å². The van der Waals surface area contributed by atoms with Crippen LogP contribution < -0.4 is 24.8 Å². The molecule has 0 fully saturated rings. The molecular weight excluding hydrogens is 421 g/mol. The Balaban J connectivity index is 1.23. The molecule has 4 aromatic rings. The molecule has 5 rings (SSSR count). The van der Waals surface area contributed by atoms with Crippen molar-refractivity contribution in [3.05, 3.63) is 78.2 Å². The SMILES string of the molecule is COc1ccc(F)cc1CNCCNc1ccnc2cc(-c3ccc4c(c3)OCO4)ccc12. The zero-order chi connectivity index (χ0) is 22.6. The van der Waals surface area contributed by atoms with E-state index in [9.17, 15) is 4.39 Å². The van der Waals surface area contributed by atoms with Gasteiger partial charge < -0.3 is 24.8 Å². The van der Waals surface area contributed by atoms with E-state index < -0.39 is 0 Å². The molecule has 0 unspecified atom stereocenters. The van der Waals surface area contributed by atoms with E-state index in [-0.39, 0.29) is 12.6 Å². The van der Waals surface area contributed by atoms with Crippen molar-refractivity contribution in [3.8, 4) is 28.4 Å².